The average molecular weight is 417 g/mol. The summed E-state index contributed by atoms with van der Waals surface area (Å²) >= 11 is 0. The van der Waals surface area contributed by atoms with Crippen molar-refractivity contribution in [2.24, 2.45) is 5.92 Å². The van der Waals surface area contributed by atoms with E-state index in [1.165, 1.54) is 6.07 Å². The van der Waals surface area contributed by atoms with E-state index < -0.39 is 10.0 Å². The van der Waals surface area contributed by atoms with E-state index in [-0.39, 0.29) is 29.4 Å². The molecule has 1 atom stereocenters. The van der Waals surface area contributed by atoms with Crippen molar-refractivity contribution in [3.05, 3.63) is 53.6 Å². The Kier molecular flexibility index (Phi) is 6.29. The molecule has 2 aromatic rings. The molecule has 1 aliphatic heterocycles. The van der Waals surface area contributed by atoms with Crippen molar-refractivity contribution in [3.63, 3.8) is 0 Å². The average Bonchev–Trinajstić information content (AvgIpc) is 3.01. The standard InChI is InChI=1S/C22H28N2O4S/c1-15(2)13-23-29(26,27)19-9-10-21(16(3)11-19)28-14-22(25)24-17(4)12-18-7-5-6-8-20(18)24/h5-11,15,17,23H,12-14H2,1-4H3. The van der Waals surface area contributed by atoms with Crippen LogP contribution in [0, 0.1) is 12.8 Å². The Labute approximate surface area is 172 Å². The smallest absolute Gasteiger partial charge is 0.265 e. The van der Waals surface area contributed by atoms with Crippen LogP contribution in [0.3, 0.4) is 0 Å². The number of hydrogen-bond acceptors (Lipinski definition) is 4. The van der Waals surface area contributed by atoms with Gasteiger partial charge in [-0.2, -0.15) is 0 Å². The number of anilines is 1. The van der Waals surface area contributed by atoms with Crippen LogP contribution < -0.4 is 14.4 Å². The molecule has 3 rings (SSSR count). The van der Waals surface area contributed by atoms with Crippen LogP contribution in [0.5, 0.6) is 5.75 Å². The Morgan fingerprint density at radius 1 is 1.24 bits per heavy atom. The highest BCUT2D eigenvalue weighted by atomic mass is 32.2. The lowest BCUT2D eigenvalue weighted by molar-refractivity contribution is -0.120. The summed E-state index contributed by atoms with van der Waals surface area (Å²) in [4.78, 5) is 14.7. The number of nitrogens with zero attached hydrogens (tertiary/aromatic N) is 1. The van der Waals surface area contributed by atoms with Gasteiger partial charge in [-0.3, -0.25) is 4.79 Å². The van der Waals surface area contributed by atoms with E-state index in [1.54, 1.807) is 24.0 Å². The zero-order valence-electron chi connectivity index (χ0n) is 17.3. The number of hydrogen-bond donors (Lipinski definition) is 1. The maximum absolute atomic E-state index is 12.8. The highest BCUT2D eigenvalue weighted by Crippen LogP contribution is 2.32. The Hall–Kier alpha value is -2.38. The monoisotopic (exact) mass is 416 g/mol. The summed E-state index contributed by atoms with van der Waals surface area (Å²) < 4.78 is 33.1. The fourth-order valence-electron chi connectivity index (χ4n) is 3.47. The minimum atomic E-state index is -3.56. The molecule has 0 saturated heterocycles. The van der Waals surface area contributed by atoms with Gasteiger partial charge in [0.25, 0.3) is 5.91 Å². The van der Waals surface area contributed by atoms with Crippen LogP contribution in [0.4, 0.5) is 5.69 Å². The summed E-state index contributed by atoms with van der Waals surface area (Å²) in [5.41, 5.74) is 2.76. The number of nitrogens with one attached hydrogen (secondary N) is 1. The Morgan fingerprint density at radius 2 is 1.97 bits per heavy atom. The predicted octanol–water partition coefficient (Wildman–Crippen LogP) is 3.29. The minimum absolute atomic E-state index is 0.0872. The summed E-state index contributed by atoms with van der Waals surface area (Å²) in [6.45, 7) is 7.96. The van der Waals surface area contributed by atoms with E-state index in [0.717, 1.165) is 17.7 Å². The van der Waals surface area contributed by atoms with Gasteiger partial charge in [0.05, 0.1) is 4.90 Å². The van der Waals surface area contributed by atoms with Gasteiger partial charge in [0.15, 0.2) is 6.61 Å². The molecule has 0 spiro atoms. The van der Waals surface area contributed by atoms with Crippen LogP contribution in [0.15, 0.2) is 47.4 Å². The summed E-state index contributed by atoms with van der Waals surface area (Å²) in [5.74, 6) is 0.607. The number of rotatable bonds is 7. The van der Waals surface area contributed by atoms with Crippen molar-refractivity contribution >= 4 is 21.6 Å². The first kappa shape index (κ1) is 21.3. The van der Waals surface area contributed by atoms with Gasteiger partial charge in [-0.1, -0.05) is 32.0 Å². The molecule has 1 amide bonds. The molecule has 0 radical (unpaired) electrons. The highest BCUT2D eigenvalue weighted by molar-refractivity contribution is 7.89. The largest absolute Gasteiger partial charge is 0.483 e. The Morgan fingerprint density at radius 3 is 2.66 bits per heavy atom. The summed E-state index contributed by atoms with van der Waals surface area (Å²) in [6, 6.07) is 12.7. The number of ether oxygens (including phenoxy) is 1. The summed E-state index contributed by atoms with van der Waals surface area (Å²) in [5, 5.41) is 0. The van der Waals surface area contributed by atoms with Crippen molar-refractivity contribution in [2.45, 2.75) is 45.1 Å². The lowest BCUT2D eigenvalue weighted by Crippen LogP contribution is -2.39. The molecular weight excluding hydrogens is 388 g/mol. The van der Waals surface area contributed by atoms with E-state index in [2.05, 4.69) is 4.72 Å². The zero-order chi connectivity index (χ0) is 21.2. The van der Waals surface area contributed by atoms with Crippen LogP contribution in [0.1, 0.15) is 31.9 Å². The van der Waals surface area contributed by atoms with E-state index in [1.807, 2.05) is 45.0 Å². The highest BCUT2D eigenvalue weighted by Gasteiger charge is 2.30. The van der Waals surface area contributed by atoms with E-state index >= 15 is 0 Å². The maximum Gasteiger partial charge on any atom is 0.265 e. The molecule has 1 aliphatic rings. The van der Waals surface area contributed by atoms with Crippen molar-refractivity contribution in [1.82, 2.24) is 4.72 Å². The van der Waals surface area contributed by atoms with Crippen molar-refractivity contribution in [1.29, 1.82) is 0 Å². The van der Waals surface area contributed by atoms with Gasteiger partial charge >= 0.3 is 0 Å². The number of carbonyl (C=O) groups excluding carboxylic acids is 1. The number of amides is 1. The van der Waals surface area contributed by atoms with Gasteiger partial charge in [-0.15, -0.1) is 0 Å². The minimum Gasteiger partial charge on any atom is -0.483 e. The number of fused-ring (bicyclic) bond motifs is 1. The van der Waals surface area contributed by atoms with Crippen molar-refractivity contribution in [3.8, 4) is 5.75 Å². The third-order valence-electron chi connectivity index (χ3n) is 4.97. The van der Waals surface area contributed by atoms with E-state index in [4.69, 9.17) is 4.74 Å². The molecule has 7 heteroatoms. The number of sulfonamides is 1. The fourth-order valence-corrected chi connectivity index (χ4v) is 4.76. The van der Waals surface area contributed by atoms with Crippen LogP contribution >= 0.6 is 0 Å². The summed E-state index contributed by atoms with van der Waals surface area (Å²) in [7, 11) is -3.56. The third-order valence-corrected chi connectivity index (χ3v) is 6.39. The Balaban J connectivity index is 1.68. The lowest BCUT2D eigenvalue weighted by Gasteiger charge is -2.23. The second kappa shape index (κ2) is 8.55. The SMILES string of the molecule is Cc1cc(S(=O)(=O)NCC(C)C)ccc1OCC(=O)N1c2ccccc2CC1C. The molecule has 0 aromatic heterocycles. The maximum atomic E-state index is 12.8. The summed E-state index contributed by atoms with van der Waals surface area (Å²) in [6.07, 6.45) is 0.830. The lowest BCUT2D eigenvalue weighted by atomic mass is 10.1. The zero-order valence-corrected chi connectivity index (χ0v) is 18.1. The molecule has 1 heterocycles. The van der Waals surface area contributed by atoms with Gasteiger partial charge in [0.1, 0.15) is 5.75 Å². The number of aryl methyl sites for hydroxylation is 1. The predicted molar refractivity (Wildman–Crippen MR) is 114 cm³/mol. The van der Waals surface area contributed by atoms with Crippen LogP contribution in [-0.2, 0) is 21.2 Å². The molecule has 0 aliphatic carbocycles. The molecule has 0 bridgehead atoms. The molecular formula is C22H28N2O4S. The molecule has 156 valence electrons. The molecule has 0 saturated carbocycles. The van der Waals surface area contributed by atoms with Crippen LogP contribution in [-0.4, -0.2) is 33.5 Å². The molecule has 0 fully saturated rings. The van der Waals surface area contributed by atoms with Gasteiger partial charge in [-0.25, -0.2) is 13.1 Å². The first-order valence-corrected chi connectivity index (χ1v) is 11.3. The molecule has 1 N–H and O–H groups in total. The first-order valence-electron chi connectivity index (χ1n) is 9.82. The van der Waals surface area contributed by atoms with E-state index in [0.29, 0.717) is 17.9 Å². The second-order valence-electron chi connectivity index (χ2n) is 7.91. The van der Waals surface area contributed by atoms with Gasteiger partial charge in [0, 0.05) is 18.3 Å². The second-order valence-corrected chi connectivity index (χ2v) is 9.67. The van der Waals surface area contributed by atoms with Crippen LogP contribution in [0.2, 0.25) is 0 Å². The van der Waals surface area contributed by atoms with Gasteiger partial charge in [0.2, 0.25) is 10.0 Å². The molecule has 1 unspecified atom stereocenters. The topological polar surface area (TPSA) is 75.7 Å². The van der Waals surface area contributed by atoms with Gasteiger partial charge < -0.3 is 9.64 Å². The van der Waals surface area contributed by atoms with Crippen LogP contribution in [0.25, 0.3) is 0 Å². The molecule has 2 aromatic carbocycles. The fraction of sp³-hybridized carbons (Fsp3) is 0.409. The van der Waals surface area contributed by atoms with Crippen molar-refractivity contribution < 1.29 is 17.9 Å². The van der Waals surface area contributed by atoms with Gasteiger partial charge in [-0.05, 0) is 61.6 Å². The van der Waals surface area contributed by atoms with E-state index in [9.17, 15) is 13.2 Å². The van der Waals surface area contributed by atoms with Crippen molar-refractivity contribution in [2.75, 3.05) is 18.1 Å². The third kappa shape index (κ3) is 4.79. The first-order chi connectivity index (χ1) is 13.7. The molecule has 29 heavy (non-hydrogen) atoms. The number of benzene rings is 2. The molecule has 6 nitrogen and oxygen atoms in total. The normalized spacial score (nSPS) is 16.2. The number of para-hydroxylation sites is 1. The number of carbonyl (C=O) groups is 1. The Bertz CT molecular complexity index is 1000. The quantitative estimate of drug-likeness (QED) is 0.752.